The van der Waals surface area contributed by atoms with Gasteiger partial charge in [-0.05, 0) is 152 Å². The van der Waals surface area contributed by atoms with Crippen LogP contribution in [0.4, 0.5) is 8.78 Å². The lowest BCUT2D eigenvalue weighted by Gasteiger charge is -2.33. The number of fused-ring (bicyclic) bond motifs is 1. The first-order valence-electron chi connectivity index (χ1n) is 33.8. The molecule has 0 fully saturated rings. The molecule has 0 radical (unpaired) electrons. The van der Waals surface area contributed by atoms with E-state index in [2.05, 4.69) is 47.5 Å². The highest BCUT2D eigenvalue weighted by molar-refractivity contribution is 6.00. The summed E-state index contributed by atoms with van der Waals surface area (Å²) < 4.78 is 28.5. The van der Waals surface area contributed by atoms with Crippen molar-refractivity contribution in [1.29, 1.82) is 0 Å². The molecule has 4 aromatic rings. The van der Waals surface area contributed by atoms with Gasteiger partial charge < -0.3 is 73.4 Å². The van der Waals surface area contributed by atoms with Crippen molar-refractivity contribution >= 4 is 81.6 Å². The molecule has 0 bridgehead atoms. The molecule has 27 heteroatoms. The number of Topliss-reactive ketones (excluding diaryl/α,β-unsaturated/α-hetero) is 2. The zero-order chi connectivity index (χ0) is 73.1. The Kier molecular flexibility index (Phi) is 31.4. The number of primary amides is 1. The summed E-state index contributed by atoms with van der Waals surface area (Å²) in [6, 6.07) is 7.34. The van der Waals surface area contributed by atoms with Gasteiger partial charge in [-0.25, -0.2) is 8.78 Å². The van der Waals surface area contributed by atoms with Crippen LogP contribution in [0.2, 0.25) is 0 Å². The number of amides is 9. The third kappa shape index (κ3) is 25.8. The molecule has 9 amide bonds. The Hall–Kier alpha value is -9.40. The summed E-state index contributed by atoms with van der Waals surface area (Å²) in [6.45, 7) is 9.74. The highest BCUT2D eigenvalue weighted by atomic mass is 19.2. The average Bonchev–Trinajstić information content (AvgIpc) is 1.81. The van der Waals surface area contributed by atoms with E-state index in [9.17, 15) is 72.0 Å². The van der Waals surface area contributed by atoms with Crippen molar-refractivity contribution in [2.75, 3.05) is 6.61 Å². The SMILES string of the molecule is CC(=O)C[C@@H](Cc1ccc(F)c(F)c1)C(=O)N[C@]1(C)CCCCCC/C=C/CCC[C@@](C)(C(=O)N[C@@H](CO)C(=O)NC(C)C(=O)N[C@@H](C)C(N)=O)NC(=O)[C@H](CCC(C)C)CCC(=O)[C@H](Cc2c[nH]c3ccccc23)NC(=O)C(Cc2ccc(O)cc2)NC(=O)[C@H](CCC(=O)O)NC1=O. The first-order valence-corrected chi connectivity index (χ1v) is 33.8. The van der Waals surface area contributed by atoms with E-state index in [1.165, 1.54) is 65.0 Å². The number of benzene rings is 3. The van der Waals surface area contributed by atoms with Gasteiger partial charge in [0.25, 0.3) is 0 Å². The second-order valence-corrected chi connectivity index (χ2v) is 26.8. The quantitative estimate of drug-likeness (QED) is 0.0396. The lowest BCUT2D eigenvalue weighted by Crippen LogP contribution is -2.62. The fourth-order valence-electron chi connectivity index (χ4n) is 11.6. The summed E-state index contributed by atoms with van der Waals surface area (Å²) in [5.74, 6) is -14.5. The molecular formula is C72H98F2N10O15. The van der Waals surface area contributed by atoms with Gasteiger partial charge in [0.05, 0.1) is 12.6 Å². The number of carbonyl (C=O) groups excluding carboxylic acids is 11. The molecule has 10 atom stereocenters. The summed E-state index contributed by atoms with van der Waals surface area (Å²) >= 11 is 0. The number of aliphatic hydroxyl groups is 1. The van der Waals surface area contributed by atoms with Gasteiger partial charge in [0.15, 0.2) is 17.4 Å². The van der Waals surface area contributed by atoms with Gasteiger partial charge in [-0.15, -0.1) is 0 Å². The van der Waals surface area contributed by atoms with Gasteiger partial charge in [0, 0.05) is 61.0 Å². The number of hydrogen-bond donors (Lipinski definition) is 13. The predicted octanol–water partition coefficient (Wildman–Crippen LogP) is 5.30. The maximum atomic E-state index is 15.2. The van der Waals surface area contributed by atoms with Crippen molar-refractivity contribution in [2.24, 2.45) is 23.5 Å². The second-order valence-electron chi connectivity index (χ2n) is 26.8. The van der Waals surface area contributed by atoms with Crippen LogP contribution < -0.4 is 48.3 Å². The summed E-state index contributed by atoms with van der Waals surface area (Å²) in [7, 11) is 0. The normalized spacial score (nSPS) is 22.3. The number of halogens is 2. The number of phenols is 1. The van der Waals surface area contributed by atoms with E-state index in [-0.39, 0.29) is 75.0 Å². The zero-order valence-electron chi connectivity index (χ0n) is 57.5. The number of aliphatic hydroxyl groups excluding tert-OH is 1. The van der Waals surface area contributed by atoms with Gasteiger partial charge in [0.2, 0.25) is 53.2 Å². The number of hydrogen-bond acceptors (Lipinski definition) is 14. The van der Waals surface area contributed by atoms with Crippen molar-refractivity contribution in [2.45, 2.75) is 218 Å². The van der Waals surface area contributed by atoms with Crippen LogP contribution in [0.5, 0.6) is 5.75 Å². The topological polar surface area (TPSA) is 404 Å². The van der Waals surface area contributed by atoms with Gasteiger partial charge >= 0.3 is 5.97 Å². The van der Waals surface area contributed by atoms with Crippen LogP contribution in [0.3, 0.4) is 0 Å². The number of carboxylic acids is 1. The minimum atomic E-state index is -1.88. The zero-order valence-corrected chi connectivity index (χ0v) is 57.5. The van der Waals surface area contributed by atoms with Crippen LogP contribution in [0.25, 0.3) is 10.9 Å². The predicted molar refractivity (Wildman–Crippen MR) is 364 cm³/mol. The van der Waals surface area contributed by atoms with Gasteiger partial charge in [-0.2, -0.15) is 0 Å². The first kappa shape index (κ1) is 80.3. The van der Waals surface area contributed by atoms with Gasteiger partial charge in [0.1, 0.15) is 52.8 Å². The smallest absolute Gasteiger partial charge is 0.303 e. The standard InChI is InChI=1S/C72H98F2N10O15/c1-42(2)21-25-48-26-31-60(88)57(39-50-40-76-55-20-16-15-19-52(50)55)79-67(96)58(38-46-22-27-51(87)28-23-46)80-66(95)56(30-32-61(89)90)81-69(98)71(6,84-65(94)49(35-43(3)86)36-47-24-29-53(73)54(74)37-47)33-17-13-11-9-8-10-12-14-18-34-72(7,83-64(48)93)70(99)82-59(41-85)68(97)78-45(5)63(92)77-44(4)62(75)91/h10,12,15-16,19-20,22-24,27-29,37,40,42,44-45,48-49,56-59,76,85,87H,8-9,11,13-14,17-18,21,25-26,30-36,38-39,41H2,1-7H3,(H2,75,91)(H,77,92)(H,78,97)(H,79,96)(H,80,95)(H,81,98)(H,82,99)(H,83,93)(H,84,94)(H,89,90)/b12-10+/t44-,45?,48+,49-,56-,57-,58?,59-,71+,72-/m0/s1. The first-order chi connectivity index (χ1) is 46.8. The van der Waals surface area contributed by atoms with E-state index < -0.39 is 161 Å². The molecule has 25 nitrogen and oxygen atoms in total. The summed E-state index contributed by atoms with van der Waals surface area (Å²) in [6.07, 6.45) is 6.89. The molecule has 5 rings (SSSR count). The van der Waals surface area contributed by atoms with Crippen molar-refractivity contribution < 1.29 is 81.6 Å². The number of carboxylic acid groups (broad SMARTS) is 1. The molecule has 2 heterocycles. The van der Waals surface area contributed by atoms with E-state index in [4.69, 9.17) is 5.73 Å². The lowest BCUT2D eigenvalue weighted by atomic mass is 9.87. The number of nitrogens with one attached hydrogen (secondary N) is 9. The Morgan fingerprint density at radius 1 is 0.697 bits per heavy atom. The third-order valence-electron chi connectivity index (χ3n) is 17.8. The van der Waals surface area contributed by atoms with Gasteiger partial charge in [-0.3, -0.25) is 52.7 Å². The molecule has 1 aliphatic rings. The van der Waals surface area contributed by atoms with Crippen LogP contribution in [0, 0.1) is 29.4 Å². The summed E-state index contributed by atoms with van der Waals surface area (Å²) in [4.78, 5) is 170. The largest absolute Gasteiger partial charge is 0.508 e. The highest BCUT2D eigenvalue weighted by Crippen LogP contribution is 2.27. The number of allylic oxidation sites excluding steroid dienone is 2. The van der Waals surface area contributed by atoms with Gasteiger partial charge in [-0.1, -0.05) is 88.1 Å². The monoisotopic (exact) mass is 1380 g/mol. The van der Waals surface area contributed by atoms with E-state index >= 15 is 9.59 Å². The number of nitrogens with two attached hydrogens (primary N) is 1. The van der Waals surface area contributed by atoms with Crippen molar-refractivity contribution in [3.05, 3.63) is 113 Å². The molecule has 3 aromatic carbocycles. The molecular weight excluding hydrogens is 1280 g/mol. The number of phenolic OH excluding ortho intramolecular Hbond substituents is 1. The number of rotatable bonds is 24. The molecule has 0 saturated heterocycles. The van der Waals surface area contributed by atoms with Crippen LogP contribution in [-0.2, 0) is 76.8 Å². The second kappa shape index (κ2) is 38.7. The van der Waals surface area contributed by atoms with E-state index in [1.54, 1.807) is 18.3 Å². The minimum absolute atomic E-state index is 0.00161. The molecule has 0 saturated carbocycles. The maximum Gasteiger partial charge on any atom is 0.303 e. The average molecular weight is 1380 g/mol. The Morgan fingerprint density at radius 3 is 2.00 bits per heavy atom. The van der Waals surface area contributed by atoms with E-state index in [0.717, 1.165) is 12.1 Å². The Labute approximate surface area is 575 Å². The molecule has 14 N–H and O–H groups in total. The maximum absolute atomic E-state index is 15.2. The third-order valence-corrected chi connectivity index (χ3v) is 17.8. The Morgan fingerprint density at radius 2 is 1.34 bits per heavy atom. The molecule has 0 aliphatic carbocycles. The fourth-order valence-corrected chi connectivity index (χ4v) is 11.6. The van der Waals surface area contributed by atoms with Crippen molar-refractivity contribution in [1.82, 2.24) is 47.5 Å². The highest BCUT2D eigenvalue weighted by Gasteiger charge is 2.42. The Bertz CT molecular complexity index is 3530. The number of carbonyl (C=O) groups is 12. The number of H-pyrrole nitrogens is 1. The number of aliphatic carboxylic acids is 1. The van der Waals surface area contributed by atoms with Crippen LogP contribution >= 0.6 is 0 Å². The minimum Gasteiger partial charge on any atom is -0.508 e. The number of aromatic amines is 1. The molecule has 0 spiro atoms. The molecule has 540 valence electrons. The summed E-state index contributed by atoms with van der Waals surface area (Å²) in [5.41, 5.74) is 3.55. The Balaban J connectivity index is 1.58. The molecule has 2 unspecified atom stereocenters. The molecule has 99 heavy (non-hydrogen) atoms. The molecule has 1 aromatic heterocycles. The van der Waals surface area contributed by atoms with Crippen LogP contribution in [-0.4, -0.2) is 145 Å². The van der Waals surface area contributed by atoms with Crippen molar-refractivity contribution in [3.63, 3.8) is 0 Å². The van der Waals surface area contributed by atoms with Crippen LogP contribution in [0.15, 0.2) is 85.1 Å². The number of para-hydroxylation sites is 1. The number of ketones is 2. The lowest BCUT2D eigenvalue weighted by molar-refractivity contribution is -0.140. The van der Waals surface area contributed by atoms with E-state index in [1.807, 2.05) is 38.1 Å². The van der Waals surface area contributed by atoms with Crippen LogP contribution in [0.1, 0.15) is 168 Å². The van der Waals surface area contributed by atoms with E-state index in [0.29, 0.717) is 73.4 Å². The fraction of sp³-hybridized carbons (Fsp3) is 0.528. The summed E-state index contributed by atoms with van der Waals surface area (Å²) in [5, 5.41) is 52.6. The number of aromatic nitrogens is 1. The number of aromatic hydroxyl groups is 1. The van der Waals surface area contributed by atoms with Crippen molar-refractivity contribution in [3.8, 4) is 5.75 Å². The molecule has 1 aliphatic heterocycles.